The summed E-state index contributed by atoms with van der Waals surface area (Å²) >= 11 is 0. The second-order valence-corrected chi connectivity index (χ2v) is 5.50. The van der Waals surface area contributed by atoms with Gasteiger partial charge in [0.05, 0.1) is 12.8 Å². The SMILES string of the molecule is COc1ccccc1N/C(=C\C(=O)C(C)(C)C)C(F)(F)F. The summed E-state index contributed by atoms with van der Waals surface area (Å²) in [6, 6.07) is 6.19. The third-order valence-electron chi connectivity index (χ3n) is 2.70. The number of halogens is 3. The molecule has 6 heteroatoms. The molecular weight excluding hydrogens is 283 g/mol. The summed E-state index contributed by atoms with van der Waals surface area (Å²) in [5.41, 5.74) is -1.86. The van der Waals surface area contributed by atoms with Crippen molar-refractivity contribution < 1.29 is 22.7 Å². The average Bonchev–Trinajstić information content (AvgIpc) is 2.36. The molecule has 0 aliphatic carbocycles. The van der Waals surface area contributed by atoms with Crippen LogP contribution < -0.4 is 10.1 Å². The number of hydrogen-bond donors (Lipinski definition) is 1. The Morgan fingerprint density at radius 1 is 1.19 bits per heavy atom. The van der Waals surface area contributed by atoms with Crippen LogP contribution in [0.2, 0.25) is 0 Å². The van der Waals surface area contributed by atoms with E-state index in [0.717, 1.165) is 0 Å². The number of benzene rings is 1. The van der Waals surface area contributed by atoms with Gasteiger partial charge in [0.15, 0.2) is 5.78 Å². The zero-order valence-electron chi connectivity index (χ0n) is 12.3. The van der Waals surface area contributed by atoms with Crippen LogP contribution in [0.4, 0.5) is 18.9 Å². The number of ether oxygens (including phenoxy) is 1. The summed E-state index contributed by atoms with van der Waals surface area (Å²) in [4.78, 5) is 11.8. The first kappa shape index (κ1) is 17.1. The van der Waals surface area contributed by atoms with Gasteiger partial charge >= 0.3 is 6.18 Å². The maximum Gasteiger partial charge on any atom is 0.431 e. The molecule has 0 saturated carbocycles. The Labute approximate surface area is 121 Å². The van der Waals surface area contributed by atoms with E-state index < -0.39 is 23.1 Å². The van der Waals surface area contributed by atoms with E-state index >= 15 is 0 Å². The summed E-state index contributed by atoms with van der Waals surface area (Å²) in [6.45, 7) is 4.68. The Hall–Kier alpha value is -1.98. The maximum absolute atomic E-state index is 13.1. The van der Waals surface area contributed by atoms with Crippen molar-refractivity contribution in [2.75, 3.05) is 12.4 Å². The molecule has 0 amide bonds. The van der Waals surface area contributed by atoms with Crippen molar-refractivity contribution in [1.29, 1.82) is 0 Å². The fourth-order valence-electron chi connectivity index (χ4n) is 1.43. The Balaban J connectivity index is 3.17. The Kier molecular flexibility index (Phi) is 5.04. The highest BCUT2D eigenvalue weighted by Gasteiger charge is 2.36. The molecule has 0 atom stereocenters. The van der Waals surface area contributed by atoms with Crippen LogP contribution in [0.5, 0.6) is 5.75 Å². The van der Waals surface area contributed by atoms with E-state index in [4.69, 9.17) is 4.74 Å². The van der Waals surface area contributed by atoms with E-state index in [1.165, 1.54) is 19.2 Å². The van der Waals surface area contributed by atoms with Gasteiger partial charge in [-0.2, -0.15) is 13.2 Å². The van der Waals surface area contributed by atoms with Gasteiger partial charge in [0.2, 0.25) is 0 Å². The number of methoxy groups -OCH3 is 1. The fraction of sp³-hybridized carbons (Fsp3) is 0.400. The quantitative estimate of drug-likeness (QED) is 0.848. The first-order chi connectivity index (χ1) is 9.55. The van der Waals surface area contributed by atoms with Crippen LogP contribution in [0, 0.1) is 5.41 Å². The van der Waals surface area contributed by atoms with Crippen LogP contribution in [0.25, 0.3) is 0 Å². The maximum atomic E-state index is 13.1. The molecule has 0 spiro atoms. The number of hydrogen-bond acceptors (Lipinski definition) is 3. The van der Waals surface area contributed by atoms with Gasteiger partial charge in [0.1, 0.15) is 11.4 Å². The number of anilines is 1. The molecule has 21 heavy (non-hydrogen) atoms. The van der Waals surface area contributed by atoms with E-state index in [1.807, 2.05) is 0 Å². The number of nitrogens with one attached hydrogen (secondary N) is 1. The lowest BCUT2D eigenvalue weighted by molar-refractivity contribution is -0.122. The molecule has 1 N–H and O–H groups in total. The lowest BCUT2D eigenvalue weighted by Crippen LogP contribution is -2.25. The van der Waals surface area contributed by atoms with E-state index in [2.05, 4.69) is 5.32 Å². The summed E-state index contributed by atoms with van der Waals surface area (Å²) < 4.78 is 44.2. The Bertz CT molecular complexity index is 543. The molecule has 1 aromatic carbocycles. The first-order valence-electron chi connectivity index (χ1n) is 6.29. The molecule has 0 unspecified atom stereocenters. The molecule has 116 valence electrons. The summed E-state index contributed by atoms with van der Waals surface area (Å²) in [7, 11) is 1.36. The molecule has 3 nitrogen and oxygen atoms in total. The fourth-order valence-corrected chi connectivity index (χ4v) is 1.43. The standard InChI is InChI=1S/C15H18F3NO2/c1-14(2,3)13(20)9-12(15(16,17)18)19-10-7-5-6-8-11(10)21-4/h5-9,19H,1-4H3/b12-9-. The van der Waals surface area contributed by atoms with E-state index in [0.29, 0.717) is 6.08 Å². The van der Waals surface area contributed by atoms with Crippen LogP contribution in [0.1, 0.15) is 20.8 Å². The molecule has 1 rings (SSSR count). The van der Waals surface area contributed by atoms with Crippen LogP contribution >= 0.6 is 0 Å². The average molecular weight is 301 g/mol. The number of alkyl halides is 3. The molecular formula is C15H18F3NO2. The number of para-hydroxylation sites is 2. The smallest absolute Gasteiger partial charge is 0.431 e. The van der Waals surface area contributed by atoms with E-state index in [1.54, 1.807) is 32.9 Å². The van der Waals surface area contributed by atoms with Gasteiger partial charge in [-0.05, 0) is 12.1 Å². The van der Waals surface area contributed by atoms with Gasteiger partial charge < -0.3 is 10.1 Å². The summed E-state index contributed by atoms with van der Waals surface area (Å²) in [5, 5.41) is 2.23. The van der Waals surface area contributed by atoms with Crippen LogP contribution in [-0.4, -0.2) is 19.1 Å². The van der Waals surface area contributed by atoms with Crippen molar-refractivity contribution in [1.82, 2.24) is 0 Å². The second-order valence-electron chi connectivity index (χ2n) is 5.50. The zero-order chi connectivity index (χ0) is 16.3. The topological polar surface area (TPSA) is 38.3 Å². The molecule has 0 bridgehead atoms. The highest BCUT2D eigenvalue weighted by atomic mass is 19.4. The van der Waals surface area contributed by atoms with Gasteiger partial charge in [0.25, 0.3) is 0 Å². The van der Waals surface area contributed by atoms with Gasteiger partial charge in [-0.15, -0.1) is 0 Å². The number of ketones is 1. The van der Waals surface area contributed by atoms with Gasteiger partial charge in [-0.1, -0.05) is 32.9 Å². The molecule has 0 aromatic heterocycles. The molecule has 0 saturated heterocycles. The zero-order valence-corrected chi connectivity index (χ0v) is 12.3. The highest BCUT2D eigenvalue weighted by Crippen LogP contribution is 2.32. The van der Waals surface area contributed by atoms with Crippen molar-refractivity contribution >= 4 is 11.5 Å². The van der Waals surface area contributed by atoms with Crippen molar-refractivity contribution in [3.63, 3.8) is 0 Å². The number of allylic oxidation sites excluding steroid dienone is 2. The number of carbonyl (C=O) groups is 1. The highest BCUT2D eigenvalue weighted by molar-refractivity contribution is 5.95. The summed E-state index contributed by atoms with van der Waals surface area (Å²) in [6.07, 6.45) is -4.08. The third-order valence-corrected chi connectivity index (χ3v) is 2.70. The Morgan fingerprint density at radius 2 is 1.76 bits per heavy atom. The van der Waals surface area contributed by atoms with Crippen molar-refractivity contribution in [2.45, 2.75) is 26.9 Å². The van der Waals surface area contributed by atoms with Crippen molar-refractivity contribution in [2.24, 2.45) is 5.41 Å². The minimum atomic E-state index is -4.66. The minimum Gasteiger partial charge on any atom is -0.495 e. The van der Waals surface area contributed by atoms with Gasteiger partial charge in [0, 0.05) is 11.5 Å². The third kappa shape index (κ3) is 4.81. The van der Waals surface area contributed by atoms with E-state index in [9.17, 15) is 18.0 Å². The second kappa shape index (κ2) is 6.20. The largest absolute Gasteiger partial charge is 0.495 e. The molecule has 0 heterocycles. The lowest BCUT2D eigenvalue weighted by Gasteiger charge is -2.19. The van der Waals surface area contributed by atoms with Gasteiger partial charge in [-0.25, -0.2) is 0 Å². The van der Waals surface area contributed by atoms with E-state index in [-0.39, 0.29) is 11.4 Å². The molecule has 0 aliphatic rings. The normalized spacial score (nSPS) is 13.0. The van der Waals surface area contributed by atoms with Crippen molar-refractivity contribution in [3.8, 4) is 5.75 Å². The molecule has 0 fully saturated rings. The molecule has 1 aromatic rings. The first-order valence-corrected chi connectivity index (χ1v) is 6.29. The summed E-state index contributed by atoms with van der Waals surface area (Å²) in [5.74, 6) is -0.354. The van der Waals surface area contributed by atoms with Crippen molar-refractivity contribution in [3.05, 3.63) is 36.0 Å². The number of carbonyl (C=O) groups excluding carboxylic acids is 1. The predicted molar refractivity (Wildman–Crippen MR) is 75.2 cm³/mol. The minimum absolute atomic E-state index is 0.144. The number of rotatable bonds is 4. The van der Waals surface area contributed by atoms with Crippen LogP contribution in [0.3, 0.4) is 0 Å². The van der Waals surface area contributed by atoms with Gasteiger partial charge in [-0.3, -0.25) is 4.79 Å². The molecule has 0 radical (unpaired) electrons. The van der Waals surface area contributed by atoms with Crippen LogP contribution in [0.15, 0.2) is 36.0 Å². The van der Waals surface area contributed by atoms with Crippen LogP contribution in [-0.2, 0) is 4.79 Å². The Morgan fingerprint density at radius 3 is 2.24 bits per heavy atom. The monoisotopic (exact) mass is 301 g/mol. The molecule has 0 aliphatic heterocycles. The lowest BCUT2D eigenvalue weighted by atomic mass is 9.90. The predicted octanol–water partition coefficient (Wildman–Crippen LogP) is 4.17.